The second-order valence-electron chi connectivity index (χ2n) is 5.03. The highest BCUT2D eigenvalue weighted by molar-refractivity contribution is 7.98. The molecule has 0 fully saturated rings. The van der Waals surface area contributed by atoms with Gasteiger partial charge in [0.05, 0.1) is 5.75 Å². The van der Waals surface area contributed by atoms with Gasteiger partial charge in [-0.3, -0.25) is 4.79 Å². The Morgan fingerprint density at radius 1 is 1.39 bits per heavy atom. The van der Waals surface area contributed by atoms with Crippen LogP contribution in [0.1, 0.15) is 18.9 Å². The van der Waals surface area contributed by atoms with Crippen molar-refractivity contribution in [3.05, 3.63) is 34.9 Å². The molecule has 23 heavy (non-hydrogen) atoms. The fourth-order valence-corrected chi connectivity index (χ4v) is 3.43. The van der Waals surface area contributed by atoms with E-state index in [4.69, 9.17) is 11.6 Å². The molecule has 0 heterocycles. The van der Waals surface area contributed by atoms with Gasteiger partial charge in [-0.05, 0) is 49.5 Å². The number of nitrogens with one attached hydrogen (secondary N) is 2. The molecular weight excluding hydrogens is 356 g/mol. The van der Waals surface area contributed by atoms with Crippen molar-refractivity contribution in [2.24, 2.45) is 0 Å². The second kappa shape index (κ2) is 10.2. The molecule has 1 aromatic carbocycles. The summed E-state index contributed by atoms with van der Waals surface area (Å²) in [5.41, 5.74) is 1.02. The van der Waals surface area contributed by atoms with Crippen LogP contribution in [0.25, 0.3) is 0 Å². The van der Waals surface area contributed by atoms with E-state index in [2.05, 4.69) is 10.0 Å². The third-order valence-electron chi connectivity index (χ3n) is 3.23. The molecular formula is C15H23ClN2O3S2. The summed E-state index contributed by atoms with van der Waals surface area (Å²) in [6, 6.07) is 6.70. The number of amides is 1. The normalized spacial score (nSPS) is 12.8. The zero-order valence-electron chi connectivity index (χ0n) is 13.3. The number of benzene rings is 1. The van der Waals surface area contributed by atoms with Gasteiger partial charge in [-0.2, -0.15) is 11.8 Å². The van der Waals surface area contributed by atoms with Crippen LogP contribution in [0.3, 0.4) is 0 Å². The van der Waals surface area contributed by atoms with Crippen LogP contribution in [0.4, 0.5) is 0 Å². The third-order valence-corrected chi connectivity index (χ3v) is 5.51. The summed E-state index contributed by atoms with van der Waals surface area (Å²) in [4.78, 5) is 12.2. The van der Waals surface area contributed by atoms with Crippen molar-refractivity contribution in [2.45, 2.75) is 25.8 Å². The lowest BCUT2D eigenvalue weighted by Crippen LogP contribution is -2.47. The van der Waals surface area contributed by atoms with Gasteiger partial charge in [-0.25, -0.2) is 13.1 Å². The van der Waals surface area contributed by atoms with Crippen molar-refractivity contribution in [1.29, 1.82) is 0 Å². The van der Waals surface area contributed by atoms with E-state index in [1.807, 2.05) is 24.5 Å². The number of hydrogen-bond acceptors (Lipinski definition) is 4. The van der Waals surface area contributed by atoms with Gasteiger partial charge in [0.1, 0.15) is 6.04 Å². The average Bonchev–Trinajstić information content (AvgIpc) is 2.51. The van der Waals surface area contributed by atoms with Crippen molar-refractivity contribution in [3.63, 3.8) is 0 Å². The van der Waals surface area contributed by atoms with Crippen LogP contribution in [-0.2, 0) is 21.2 Å². The Kier molecular flexibility index (Phi) is 8.98. The first-order valence-electron chi connectivity index (χ1n) is 7.39. The molecule has 0 bridgehead atoms. The molecule has 0 spiro atoms. The first kappa shape index (κ1) is 20.3. The molecule has 0 saturated heterocycles. The fourth-order valence-electron chi connectivity index (χ4n) is 1.93. The van der Waals surface area contributed by atoms with Gasteiger partial charge in [0, 0.05) is 11.6 Å². The maximum absolute atomic E-state index is 12.2. The van der Waals surface area contributed by atoms with E-state index in [9.17, 15) is 13.2 Å². The molecule has 8 heteroatoms. The summed E-state index contributed by atoms with van der Waals surface area (Å²) in [7, 11) is -3.41. The maximum atomic E-state index is 12.2. The van der Waals surface area contributed by atoms with Gasteiger partial charge in [0.15, 0.2) is 0 Å². The monoisotopic (exact) mass is 378 g/mol. The maximum Gasteiger partial charge on any atom is 0.238 e. The lowest BCUT2D eigenvalue weighted by molar-refractivity contribution is -0.122. The molecule has 0 aliphatic carbocycles. The Morgan fingerprint density at radius 3 is 2.74 bits per heavy atom. The van der Waals surface area contributed by atoms with Gasteiger partial charge in [-0.1, -0.05) is 23.7 Å². The van der Waals surface area contributed by atoms with E-state index in [1.54, 1.807) is 24.8 Å². The highest BCUT2D eigenvalue weighted by atomic mass is 35.5. The molecule has 0 aliphatic heterocycles. The Hall–Kier alpha value is -0.760. The van der Waals surface area contributed by atoms with Crippen LogP contribution in [0.5, 0.6) is 0 Å². The van der Waals surface area contributed by atoms with Crippen LogP contribution < -0.4 is 10.0 Å². The van der Waals surface area contributed by atoms with Crippen molar-refractivity contribution in [3.8, 4) is 0 Å². The van der Waals surface area contributed by atoms with Crippen molar-refractivity contribution >= 4 is 39.3 Å². The van der Waals surface area contributed by atoms with Crippen LogP contribution in [0, 0.1) is 0 Å². The van der Waals surface area contributed by atoms with Gasteiger partial charge in [-0.15, -0.1) is 0 Å². The lowest BCUT2D eigenvalue weighted by atomic mass is 10.1. The summed E-state index contributed by atoms with van der Waals surface area (Å²) >= 11 is 7.49. The van der Waals surface area contributed by atoms with E-state index in [-0.39, 0.29) is 11.7 Å². The lowest BCUT2D eigenvalue weighted by Gasteiger charge is -2.17. The summed E-state index contributed by atoms with van der Waals surface area (Å²) in [6.07, 6.45) is 3.02. The Morgan fingerprint density at radius 2 is 2.13 bits per heavy atom. The number of thioether (sulfide) groups is 1. The molecule has 0 saturated carbocycles. The zero-order valence-corrected chi connectivity index (χ0v) is 15.7. The molecule has 2 N–H and O–H groups in total. The number of carbonyl (C=O) groups is 1. The number of carbonyl (C=O) groups excluding carboxylic acids is 1. The molecule has 1 aromatic rings. The second-order valence-corrected chi connectivity index (χ2v) is 8.49. The van der Waals surface area contributed by atoms with Gasteiger partial charge in [0.2, 0.25) is 15.9 Å². The molecule has 1 amide bonds. The first-order valence-corrected chi connectivity index (χ1v) is 10.8. The van der Waals surface area contributed by atoms with E-state index in [0.717, 1.165) is 5.56 Å². The van der Waals surface area contributed by atoms with E-state index < -0.39 is 16.1 Å². The summed E-state index contributed by atoms with van der Waals surface area (Å²) < 4.78 is 25.9. The molecule has 5 nitrogen and oxygen atoms in total. The first-order chi connectivity index (χ1) is 10.9. The molecule has 1 atom stereocenters. The summed E-state index contributed by atoms with van der Waals surface area (Å²) in [5.74, 6) is 0.370. The standard InChI is InChI=1S/C15H23ClN2O3S2/c1-3-23(20,21)18-14(8-10-22-2)15(19)17-9-7-12-5-4-6-13(16)11-12/h4-6,11,14,18H,3,7-10H2,1-2H3,(H,17,19). The van der Waals surface area contributed by atoms with Gasteiger partial charge >= 0.3 is 0 Å². The van der Waals surface area contributed by atoms with E-state index >= 15 is 0 Å². The summed E-state index contributed by atoms with van der Waals surface area (Å²) in [6.45, 7) is 1.98. The Labute approximate surface area is 147 Å². The number of sulfonamides is 1. The van der Waals surface area contributed by atoms with Crippen LogP contribution in [0.2, 0.25) is 5.02 Å². The molecule has 1 rings (SSSR count). The van der Waals surface area contributed by atoms with Crippen molar-refractivity contribution in [2.75, 3.05) is 24.3 Å². The highest BCUT2D eigenvalue weighted by Crippen LogP contribution is 2.10. The van der Waals surface area contributed by atoms with E-state index in [0.29, 0.717) is 30.2 Å². The van der Waals surface area contributed by atoms with Crippen molar-refractivity contribution in [1.82, 2.24) is 10.0 Å². The Balaban J connectivity index is 2.55. The largest absolute Gasteiger partial charge is 0.354 e. The smallest absolute Gasteiger partial charge is 0.238 e. The SMILES string of the molecule is CCS(=O)(=O)NC(CCSC)C(=O)NCCc1cccc(Cl)c1. The Bertz CT molecular complexity index is 608. The zero-order chi connectivity index (χ0) is 17.3. The fraction of sp³-hybridized carbons (Fsp3) is 0.533. The van der Waals surface area contributed by atoms with Crippen LogP contribution >= 0.6 is 23.4 Å². The average molecular weight is 379 g/mol. The number of hydrogen-bond donors (Lipinski definition) is 2. The quantitative estimate of drug-likeness (QED) is 0.653. The molecule has 0 aromatic heterocycles. The van der Waals surface area contributed by atoms with Crippen molar-refractivity contribution < 1.29 is 13.2 Å². The topological polar surface area (TPSA) is 75.3 Å². The predicted octanol–water partition coefficient (Wildman–Crippen LogP) is 2.06. The van der Waals surface area contributed by atoms with Crippen LogP contribution in [-0.4, -0.2) is 44.7 Å². The molecule has 1 unspecified atom stereocenters. The highest BCUT2D eigenvalue weighted by Gasteiger charge is 2.22. The van der Waals surface area contributed by atoms with Crippen LogP contribution in [0.15, 0.2) is 24.3 Å². The minimum absolute atomic E-state index is 0.0431. The number of rotatable bonds is 10. The minimum atomic E-state index is -3.41. The molecule has 130 valence electrons. The van der Waals surface area contributed by atoms with Gasteiger partial charge in [0.25, 0.3) is 0 Å². The minimum Gasteiger partial charge on any atom is -0.354 e. The molecule has 0 aliphatic rings. The molecule has 0 radical (unpaired) electrons. The predicted molar refractivity (Wildman–Crippen MR) is 97.5 cm³/mol. The summed E-state index contributed by atoms with van der Waals surface area (Å²) in [5, 5.41) is 3.44. The number of halogens is 1. The van der Waals surface area contributed by atoms with Gasteiger partial charge < -0.3 is 5.32 Å². The third kappa shape index (κ3) is 8.06. The van der Waals surface area contributed by atoms with E-state index in [1.165, 1.54) is 0 Å².